The third-order valence-corrected chi connectivity index (χ3v) is 7.20. The molecule has 3 aromatic rings. The van der Waals surface area contributed by atoms with Gasteiger partial charge in [-0.2, -0.15) is 0 Å². The Morgan fingerprint density at radius 2 is 1.79 bits per heavy atom. The second kappa shape index (κ2) is 9.61. The van der Waals surface area contributed by atoms with E-state index in [9.17, 15) is 9.59 Å². The fourth-order valence-corrected chi connectivity index (χ4v) is 5.33. The Kier molecular flexibility index (Phi) is 6.41. The maximum absolute atomic E-state index is 12.9. The van der Waals surface area contributed by atoms with E-state index in [0.29, 0.717) is 21.4 Å². The summed E-state index contributed by atoms with van der Waals surface area (Å²) in [6, 6.07) is 9.21. The molecule has 4 heterocycles. The Morgan fingerprint density at radius 3 is 2.55 bits per heavy atom. The highest BCUT2D eigenvalue weighted by Gasteiger charge is 2.24. The average molecular weight is 485 g/mol. The zero-order valence-corrected chi connectivity index (χ0v) is 19.7. The van der Waals surface area contributed by atoms with Gasteiger partial charge in [0.05, 0.1) is 11.4 Å². The first-order valence-electron chi connectivity index (χ1n) is 11.2. The molecule has 1 amide bonds. The minimum absolute atomic E-state index is 0.0462. The molecule has 2 aromatic heterocycles. The molecule has 1 aromatic carbocycles. The SMILES string of the molecule is O=C(CSc1nnc(N2CCCC2)n1-c1cccc(Cl)c1)c1c[nH]c(C(=O)N2CCCC2)c1. The fourth-order valence-electron chi connectivity index (χ4n) is 4.30. The van der Waals surface area contributed by atoms with Gasteiger partial charge in [0, 0.05) is 43.0 Å². The summed E-state index contributed by atoms with van der Waals surface area (Å²) >= 11 is 7.58. The van der Waals surface area contributed by atoms with Crippen LogP contribution in [0.1, 0.15) is 46.5 Å². The van der Waals surface area contributed by atoms with E-state index in [0.717, 1.165) is 63.5 Å². The van der Waals surface area contributed by atoms with Crippen molar-refractivity contribution in [2.24, 2.45) is 0 Å². The molecule has 2 fully saturated rings. The molecule has 0 saturated carbocycles. The van der Waals surface area contributed by atoms with E-state index in [-0.39, 0.29) is 17.4 Å². The standard InChI is InChI=1S/C23H25ClN6O2S/c24-17-6-5-7-18(13-17)30-22(29-10-3-4-11-29)26-27-23(30)33-15-20(31)16-12-19(25-14-16)21(32)28-8-1-2-9-28/h5-7,12-14,25H,1-4,8-11,15H2. The molecule has 2 saturated heterocycles. The van der Waals surface area contributed by atoms with Crippen molar-refractivity contribution in [3.05, 3.63) is 52.8 Å². The number of Topliss-reactive ketones (excluding diaryl/α,β-unsaturated/α-hetero) is 1. The van der Waals surface area contributed by atoms with Crippen LogP contribution in [-0.4, -0.2) is 68.3 Å². The second-order valence-electron chi connectivity index (χ2n) is 8.31. The number of rotatable bonds is 7. The number of H-pyrrole nitrogens is 1. The molecule has 0 radical (unpaired) electrons. The van der Waals surface area contributed by atoms with E-state index in [1.54, 1.807) is 12.3 Å². The molecule has 2 aliphatic rings. The number of nitrogens with zero attached hydrogens (tertiary/aromatic N) is 5. The number of carbonyl (C=O) groups is 2. The number of benzene rings is 1. The molecule has 2 aliphatic heterocycles. The molecule has 0 spiro atoms. The van der Waals surface area contributed by atoms with E-state index in [4.69, 9.17) is 11.6 Å². The van der Waals surface area contributed by atoms with Gasteiger partial charge >= 0.3 is 0 Å². The van der Waals surface area contributed by atoms with Crippen LogP contribution >= 0.6 is 23.4 Å². The van der Waals surface area contributed by atoms with Gasteiger partial charge in [-0.25, -0.2) is 0 Å². The molecule has 8 nitrogen and oxygen atoms in total. The van der Waals surface area contributed by atoms with Gasteiger partial charge < -0.3 is 14.8 Å². The van der Waals surface area contributed by atoms with E-state index in [2.05, 4.69) is 20.1 Å². The number of thioether (sulfide) groups is 1. The number of hydrogen-bond acceptors (Lipinski definition) is 6. The van der Waals surface area contributed by atoms with Crippen molar-refractivity contribution in [3.8, 4) is 5.69 Å². The normalized spacial score (nSPS) is 16.0. The highest BCUT2D eigenvalue weighted by molar-refractivity contribution is 7.99. The van der Waals surface area contributed by atoms with E-state index >= 15 is 0 Å². The third kappa shape index (κ3) is 4.65. The van der Waals surface area contributed by atoms with Crippen molar-refractivity contribution >= 4 is 41.0 Å². The topological polar surface area (TPSA) is 87.1 Å². The van der Waals surface area contributed by atoms with Crippen LogP contribution in [0, 0.1) is 0 Å². The number of aromatic nitrogens is 4. The third-order valence-electron chi connectivity index (χ3n) is 6.03. The second-order valence-corrected chi connectivity index (χ2v) is 9.68. The van der Waals surface area contributed by atoms with Crippen molar-refractivity contribution in [2.45, 2.75) is 30.8 Å². The first kappa shape index (κ1) is 22.0. The van der Waals surface area contributed by atoms with Crippen LogP contribution in [0.3, 0.4) is 0 Å². The largest absolute Gasteiger partial charge is 0.356 e. The lowest BCUT2D eigenvalue weighted by Crippen LogP contribution is -2.27. The molecule has 0 unspecified atom stereocenters. The predicted octanol–water partition coefficient (Wildman–Crippen LogP) is 4.06. The van der Waals surface area contributed by atoms with Gasteiger partial charge in [-0.15, -0.1) is 10.2 Å². The summed E-state index contributed by atoms with van der Waals surface area (Å²) in [6.07, 6.45) is 5.91. The highest BCUT2D eigenvalue weighted by Crippen LogP contribution is 2.30. The Balaban J connectivity index is 1.33. The van der Waals surface area contributed by atoms with Gasteiger partial charge in [-0.3, -0.25) is 14.2 Å². The summed E-state index contributed by atoms with van der Waals surface area (Å²) in [7, 11) is 0. The summed E-state index contributed by atoms with van der Waals surface area (Å²) < 4.78 is 1.97. The number of carbonyl (C=O) groups excluding carboxylic acids is 2. The first-order valence-corrected chi connectivity index (χ1v) is 12.6. The molecule has 0 bridgehead atoms. The molecule has 0 aliphatic carbocycles. The minimum Gasteiger partial charge on any atom is -0.356 e. The minimum atomic E-state index is -0.0694. The van der Waals surface area contributed by atoms with Crippen LogP contribution in [0.15, 0.2) is 41.7 Å². The summed E-state index contributed by atoms with van der Waals surface area (Å²) in [5.74, 6) is 0.841. The molecule has 10 heteroatoms. The van der Waals surface area contributed by atoms with Gasteiger partial charge in [-0.1, -0.05) is 29.4 Å². The zero-order valence-electron chi connectivity index (χ0n) is 18.2. The maximum atomic E-state index is 12.9. The van der Waals surface area contributed by atoms with Crippen LogP contribution in [0.25, 0.3) is 5.69 Å². The van der Waals surface area contributed by atoms with Crippen molar-refractivity contribution in [1.29, 1.82) is 0 Å². The molecule has 1 N–H and O–H groups in total. The van der Waals surface area contributed by atoms with Crippen molar-refractivity contribution < 1.29 is 9.59 Å². The molecule has 0 atom stereocenters. The average Bonchev–Trinajstić information content (AvgIpc) is 3.63. The predicted molar refractivity (Wildman–Crippen MR) is 129 cm³/mol. The quantitative estimate of drug-likeness (QED) is 0.402. The van der Waals surface area contributed by atoms with Gasteiger partial charge in [0.1, 0.15) is 5.69 Å². The Morgan fingerprint density at radius 1 is 1.03 bits per heavy atom. The smallest absolute Gasteiger partial charge is 0.270 e. The number of hydrogen-bond donors (Lipinski definition) is 1. The molecule has 33 heavy (non-hydrogen) atoms. The van der Waals surface area contributed by atoms with E-state index < -0.39 is 0 Å². The van der Waals surface area contributed by atoms with Gasteiger partial charge in [0.2, 0.25) is 5.95 Å². The lowest BCUT2D eigenvalue weighted by Gasteiger charge is -2.18. The van der Waals surface area contributed by atoms with Crippen LogP contribution < -0.4 is 4.90 Å². The summed E-state index contributed by atoms with van der Waals surface area (Å²) in [5.41, 5.74) is 1.83. The highest BCUT2D eigenvalue weighted by atomic mass is 35.5. The van der Waals surface area contributed by atoms with Crippen molar-refractivity contribution in [2.75, 3.05) is 36.8 Å². The molecular formula is C23H25ClN6O2S. The fraction of sp³-hybridized carbons (Fsp3) is 0.391. The van der Waals surface area contributed by atoms with Gasteiger partial charge in [-0.05, 0) is 49.9 Å². The number of ketones is 1. The monoisotopic (exact) mass is 484 g/mol. The van der Waals surface area contributed by atoms with Crippen LogP contribution in [0.4, 0.5) is 5.95 Å². The lowest BCUT2D eigenvalue weighted by molar-refractivity contribution is 0.0787. The summed E-state index contributed by atoms with van der Waals surface area (Å²) in [5, 5.41) is 10.1. The number of likely N-dealkylation sites (tertiary alicyclic amines) is 1. The number of aromatic amines is 1. The summed E-state index contributed by atoms with van der Waals surface area (Å²) in [4.78, 5) is 32.4. The van der Waals surface area contributed by atoms with Crippen molar-refractivity contribution in [3.63, 3.8) is 0 Å². The Labute approximate surface area is 201 Å². The Bertz CT molecular complexity index is 1160. The van der Waals surface area contributed by atoms with E-state index in [1.165, 1.54) is 11.8 Å². The molecule has 172 valence electrons. The Hall–Kier alpha value is -2.78. The van der Waals surface area contributed by atoms with Crippen LogP contribution in [-0.2, 0) is 0 Å². The molecular weight excluding hydrogens is 460 g/mol. The number of amides is 1. The first-order chi connectivity index (χ1) is 16.1. The van der Waals surface area contributed by atoms with E-state index in [1.807, 2.05) is 33.7 Å². The van der Waals surface area contributed by atoms with Crippen LogP contribution in [0.2, 0.25) is 5.02 Å². The number of halogens is 1. The van der Waals surface area contributed by atoms with Crippen LogP contribution in [0.5, 0.6) is 0 Å². The number of anilines is 1. The number of nitrogens with one attached hydrogen (secondary N) is 1. The van der Waals surface area contributed by atoms with Gasteiger partial charge in [0.15, 0.2) is 10.9 Å². The van der Waals surface area contributed by atoms with Crippen molar-refractivity contribution in [1.82, 2.24) is 24.6 Å². The lowest BCUT2D eigenvalue weighted by atomic mass is 10.2. The zero-order chi connectivity index (χ0) is 22.8. The molecule has 5 rings (SSSR count). The van der Waals surface area contributed by atoms with Gasteiger partial charge in [0.25, 0.3) is 5.91 Å². The maximum Gasteiger partial charge on any atom is 0.270 e. The summed E-state index contributed by atoms with van der Waals surface area (Å²) in [6.45, 7) is 3.41.